The number of ether oxygens (including phenoxy) is 1. The summed E-state index contributed by atoms with van der Waals surface area (Å²) in [6.45, 7) is 10.2. The molecule has 2 amide bonds. The van der Waals surface area contributed by atoms with E-state index in [1.54, 1.807) is 4.90 Å². The van der Waals surface area contributed by atoms with Crippen LogP contribution in [-0.2, 0) is 4.74 Å². The zero-order valence-electron chi connectivity index (χ0n) is 17.2. The van der Waals surface area contributed by atoms with E-state index in [0.717, 1.165) is 24.0 Å². The molecule has 0 unspecified atom stereocenters. The number of nitrogens with one attached hydrogen (secondary N) is 1. The van der Waals surface area contributed by atoms with Gasteiger partial charge in [-0.25, -0.2) is 4.79 Å². The largest absolute Gasteiger partial charge is 0.444 e. The predicted octanol–water partition coefficient (Wildman–Crippen LogP) is 4.39. The molecule has 148 valence electrons. The van der Waals surface area contributed by atoms with E-state index in [-0.39, 0.29) is 24.1 Å². The lowest BCUT2D eigenvalue weighted by atomic mass is 9.96. The SMILES string of the molecule is Cc1cc(C2CC2)ccc1C(=O)N[C@@H]1CCCN(C(=O)OC(C)(C)C)[C@@H]1C. The summed E-state index contributed by atoms with van der Waals surface area (Å²) in [5, 5.41) is 3.15. The van der Waals surface area contributed by atoms with E-state index in [4.69, 9.17) is 4.74 Å². The van der Waals surface area contributed by atoms with E-state index in [2.05, 4.69) is 17.4 Å². The van der Waals surface area contributed by atoms with Crippen molar-refractivity contribution in [1.29, 1.82) is 0 Å². The number of aryl methyl sites for hydroxylation is 1. The standard InChI is InChI=1S/C22H32N2O3/c1-14-13-17(16-8-9-16)10-11-18(14)20(25)23-19-7-6-12-24(15(19)2)21(26)27-22(3,4)5/h10-11,13,15-16,19H,6-9,12H2,1-5H3,(H,23,25)/t15-,19-/m1/s1. The third kappa shape index (κ3) is 4.82. The fourth-order valence-corrected chi connectivity index (χ4v) is 3.77. The molecule has 0 bridgehead atoms. The molecule has 0 aromatic heterocycles. The number of nitrogens with zero attached hydrogens (tertiary/aromatic N) is 1. The maximum absolute atomic E-state index is 12.8. The van der Waals surface area contributed by atoms with Crippen molar-refractivity contribution in [2.24, 2.45) is 0 Å². The maximum Gasteiger partial charge on any atom is 0.410 e. The highest BCUT2D eigenvalue weighted by Crippen LogP contribution is 2.40. The average Bonchev–Trinajstić information content (AvgIpc) is 3.39. The fourth-order valence-electron chi connectivity index (χ4n) is 3.77. The Morgan fingerprint density at radius 2 is 1.89 bits per heavy atom. The lowest BCUT2D eigenvalue weighted by molar-refractivity contribution is 0.00700. The number of piperidine rings is 1. The summed E-state index contributed by atoms with van der Waals surface area (Å²) in [5.41, 5.74) is 2.56. The first-order valence-corrected chi connectivity index (χ1v) is 10.1. The zero-order valence-corrected chi connectivity index (χ0v) is 17.2. The van der Waals surface area contributed by atoms with Crippen LogP contribution in [0.2, 0.25) is 0 Å². The van der Waals surface area contributed by atoms with Crippen LogP contribution in [0.3, 0.4) is 0 Å². The zero-order chi connectivity index (χ0) is 19.8. The normalized spacial score (nSPS) is 23.1. The van der Waals surface area contributed by atoms with Gasteiger partial charge in [0.05, 0.1) is 6.04 Å². The minimum atomic E-state index is -0.520. The Morgan fingerprint density at radius 3 is 2.48 bits per heavy atom. The Hall–Kier alpha value is -2.04. The molecule has 1 aliphatic carbocycles. The maximum atomic E-state index is 12.8. The van der Waals surface area contributed by atoms with Crippen molar-refractivity contribution in [1.82, 2.24) is 10.2 Å². The monoisotopic (exact) mass is 372 g/mol. The van der Waals surface area contributed by atoms with Gasteiger partial charge in [-0.05, 0) is 83.4 Å². The highest BCUT2D eigenvalue weighted by Gasteiger charge is 2.34. The second-order valence-electron chi connectivity index (χ2n) is 8.99. The minimum Gasteiger partial charge on any atom is -0.444 e. The van der Waals surface area contributed by atoms with Crippen molar-refractivity contribution in [3.05, 3.63) is 34.9 Å². The van der Waals surface area contributed by atoms with Gasteiger partial charge in [-0.15, -0.1) is 0 Å². The highest BCUT2D eigenvalue weighted by atomic mass is 16.6. The van der Waals surface area contributed by atoms with E-state index in [9.17, 15) is 9.59 Å². The first-order valence-electron chi connectivity index (χ1n) is 10.1. The summed E-state index contributed by atoms with van der Waals surface area (Å²) in [4.78, 5) is 27.1. The second-order valence-corrected chi connectivity index (χ2v) is 8.99. The van der Waals surface area contributed by atoms with Gasteiger partial charge in [0.25, 0.3) is 5.91 Å². The Balaban J connectivity index is 1.65. The molecule has 1 aliphatic heterocycles. The molecule has 5 heteroatoms. The summed E-state index contributed by atoms with van der Waals surface area (Å²) in [5.74, 6) is 0.624. The number of carbonyl (C=O) groups is 2. The van der Waals surface area contributed by atoms with Gasteiger partial charge < -0.3 is 15.0 Å². The molecule has 5 nitrogen and oxygen atoms in total. The average molecular weight is 373 g/mol. The first-order chi connectivity index (χ1) is 12.7. The lowest BCUT2D eigenvalue weighted by Crippen LogP contribution is -2.56. The van der Waals surface area contributed by atoms with Crippen molar-refractivity contribution >= 4 is 12.0 Å². The molecule has 2 atom stereocenters. The Labute approximate surface area is 162 Å². The van der Waals surface area contributed by atoms with E-state index < -0.39 is 5.60 Å². The molecule has 1 aromatic rings. The van der Waals surface area contributed by atoms with Crippen LogP contribution in [0.25, 0.3) is 0 Å². The molecule has 1 N–H and O–H groups in total. The number of carbonyl (C=O) groups excluding carboxylic acids is 2. The highest BCUT2D eigenvalue weighted by molar-refractivity contribution is 5.96. The molecule has 1 saturated carbocycles. The molecule has 2 fully saturated rings. The Morgan fingerprint density at radius 1 is 1.19 bits per heavy atom. The van der Waals surface area contributed by atoms with E-state index in [0.29, 0.717) is 12.5 Å². The molecular formula is C22H32N2O3. The van der Waals surface area contributed by atoms with Crippen LogP contribution in [0.1, 0.15) is 80.8 Å². The number of benzene rings is 1. The van der Waals surface area contributed by atoms with Crippen LogP contribution >= 0.6 is 0 Å². The van der Waals surface area contributed by atoms with E-state index in [1.165, 1.54) is 18.4 Å². The quantitative estimate of drug-likeness (QED) is 0.856. The van der Waals surface area contributed by atoms with Gasteiger partial charge in [0, 0.05) is 18.2 Å². The molecule has 1 saturated heterocycles. The summed E-state index contributed by atoms with van der Waals surface area (Å²) in [6.07, 6.45) is 3.93. The lowest BCUT2D eigenvalue weighted by Gasteiger charge is -2.40. The second kappa shape index (κ2) is 7.53. The van der Waals surface area contributed by atoms with Gasteiger partial charge in [0.1, 0.15) is 5.60 Å². The predicted molar refractivity (Wildman–Crippen MR) is 106 cm³/mol. The van der Waals surface area contributed by atoms with Crippen LogP contribution in [0, 0.1) is 6.92 Å². The number of rotatable bonds is 3. The van der Waals surface area contributed by atoms with Crippen LogP contribution in [0.5, 0.6) is 0 Å². The molecular weight excluding hydrogens is 340 g/mol. The third-order valence-corrected chi connectivity index (χ3v) is 5.48. The first kappa shape index (κ1) is 19.7. The number of amides is 2. The van der Waals surface area contributed by atoms with Gasteiger partial charge in [-0.2, -0.15) is 0 Å². The fraction of sp³-hybridized carbons (Fsp3) is 0.636. The number of likely N-dealkylation sites (tertiary alicyclic amines) is 1. The van der Waals surface area contributed by atoms with Gasteiger partial charge in [0.15, 0.2) is 0 Å². The topological polar surface area (TPSA) is 58.6 Å². The molecule has 1 heterocycles. The molecule has 1 aromatic carbocycles. The van der Waals surface area contributed by atoms with Crippen LogP contribution in [-0.4, -0.2) is 41.1 Å². The molecule has 2 aliphatic rings. The van der Waals surface area contributed by atoms with E-state index in [1.807, 2.05) is 40.7 Å². The minimum absolute atomic E-state index is 0.0577. The van der Waals surface area contributed by atoms with Gasteiger partial charge in [-0.3, -0.25) is 4.79 Å². The van der Waals surface area contributed by atoms with Crippen molar-refractivity contribution < 1.29 is 14.3 Å². The number of hydrogen-bond acceptors (Lipinski definition) is 3. The van der Waals surface area contributed by atoms with Crippen molar-refractivity contribution in [3.8, 4) is 0 Å². The van der Waals surface area contributed by atoms with Crippen LogP contribution in [0.4, 0.5) is 4.79 Å². The van der Waals surface area contributed by atoms with Crippen LogP contribution < -0.4 is 5.32 Å². The van der Waals surface area contributed by atoms with Gasteiger partial charge in [0.2, 0.25) is 0 Å². The van der Waals surface area contributed by atoms with Gasteiger partial charge >= 0.3 is 6.09 Å². The molecule has 3 rings (SSSR count). The Bertz CT molecular complexity index is 719. The number of hydrogen-bond donors (Lipinski definition) is 1. The summed E-state index contributed by atoms with van der Waals surface area (Å²) < 4.78 is 5.52. The Kier molecular flexibility index (Phi) is 5.50. The third-order valence-electron chi connectivity index (χ3n) is 5.48. The van der Waals surface area contributed by atoms with Crippen molar-refractivity contribution in [2.75, 3.05) is 6.54 Å². The summed E-state index contributed by atoms with van der Waals surface area (Å²) in [7, 11) is 0. The van der Waals surface area contributed by atoms with Crippen molar-refractivity contribution in [2.45, 2.75) is 83.9 Å². The van der Waals surface area contributed by atoms with Gasteiger partial charge in [-0.1, -0.05) is 12.1 Å². The van der Waals surface area contributed by atoms with Crippen LogP contribution in [0.15, 0.2) is 18.2 Å². The molecule has 0 radical (unpaired) electrons. The van der Waals surface area contributed by atoms with Crippen molar-refractivity contribution in [3.63, 3.8) is 0 Å². The summed E-state index contributed by atoms with van der Waals surface area (Å²) >= 11 is 0. The molecule has 27 heavy (non-hydrogen) atoms. The van der Waals surface area contributed by atoms with E-state index >= 15 is 0 Å². The summed E-state index contributed by atoms with van der Waals surface area (Å²) in [6, 6.07) is 6.00. The molecule has 0 spiro atoms. The smallest absolute Gasteiger partial charge is 0.410 e.